The Bertz CT molecular complexity index is 849. The van der Waals surface area contributed by atoms with E-state index in [1.807, 2.05) is 13.0 Å². The quantitative estimate of drug-likeness (QED) is 0.653. The molecule has 2 atom stereocenters. The topological polar surface area (TPSA) is 74.8 Å². The third-order valence-corrected chi connectivity index (χ3v) is 5.78. The van der Waals surface area contributed by atoms with Crippen LogP contribution in [-0.4, -0.2) is 55.4 Å². The van der Waals surface area contributed by atoms with Gasteiger partial charge < -0.3 is 24.8 Å². The molecule has 1 aromatic rings. The van der Waals surface area contributed by atoms with E-state index in [1.54, 1.807) is 26.0 Å². The number of allylic oxidation sites excluding steroid dienone is 5. The van der Waals surface area contributed by atoms with Gasteiger partial charge in [-0.25, -0.2) is 4.68 Å². The molecule has 2 aliphatic rings. The second kappa shape index (κ2) is 10.00. The van der Waals surface area contributed by atoms with Crippen molar-refractivity contribution in [3.8, 4) is 0 Å². The second-order valence-electron chi connectivity index (χ2n) is 7.91. The van der Waals surface area contributed by atoms with Crippen molar-refractivity contribution in [2.75, 3.05) is 40.2 Å². The highest BCUT2D eigenvalue weighted by Gasteiger charge is 2.23. The SMILES string of the molecule is COC1=CC=C(CN2C=C(c3cc(N)n(C(C)C(OC)OC)n3)C=CCC2)C(C)C1. The average Bonchev–Trinajstić information content (AvgIpc) is 2.97. The van der Waals surface area contributed by atoms with Crippen molar-refractivity contribution in [2.24, 2.45) is 5.92 Å². The molecule has 7 nitrogen and oxygen atoms in total. The van der Waals surface area contributed by atoms with Crippen molar-refractivity contribution in [3.63, 3.8) is 0 Å². The van der Waals surface area contributed by atoms with Gasteiger partial charge in [0.2, 0.25) is 0 Å². The van der Waals surface area contributed by atoms with Gasteiger partial charge in [-0.2, -0.15) is 5.10 Å². The fourth-order valence-corrected chi connectivity index (χ4v) is 3.97. The minimum Gasteiger partial charge on any atom is -0.501 e. The summed E-state index contributed by atoms with van der Waals surface area (Å²) in [5.74, 6) is 2.09. The molecule has 0 saturated heterocycles. The smallest absolute Gasteiger partial charge is 0.178 e. The van der Waals surface area contributed by atoms with E-state index in [9.17, 15) is 0 Å². The zero-order valence-electron chi connectivity index (χ0n) is 18.7. The lowest BCUT2D eigenvalue weighted by molar-refractivity contribution is -0.129. The van der Waals surface area contributed by atoms with Crippen molar-refractivity contribution >= 4 is 11.4 Å². The number of hydrogen-bond acceptors (Lipinski definition) is 6. The number of aromatic nitrogens is 2. The molecule has 2 unspecified atom stereocenters. The zero-order chi connectivity index (χ0) is 21.7. The van der Waals surface area contributed by atoms with E-state index in [2.05, 4.69) is 42.3 Å². The predicted octanol–water partition coefficient (Wildman–Crippen LogP) is 3.74. The molecular formula is C23H34N4O3. The fraction of sp³-hybridized carbons (Fsp3) is 0.522. The lowest BCUT2D eigenvalue weighted by Gasteiger charge is -2.27. The number of nitrogen functional groups attached to an aromatic ring is 1. The molecule has 0 aromatic carbocycles. The Morgan fingerprint density at radius 1 is 1.23 bits per heavy atom. The average molecular weight is 415 g/mol. The number of nitrogens with zero attached hydrogens (tertiary/aromatic N) is 3. The molecule has 0 radical (unpaired) electrons. The summed E-state index contributed by atoms with van der Waals surface area (Å²) in [5.41, 5.74) is 9.57. The summed E-state index contributed by atoms with van der Waals surface area (Å²) >= 11 is 0. The van der Waals surface area contributed by atoms with Crippen LogP contribution in [0.1, 0.15) is 38.4 Å². The molecule has 0 amide bonds. The first-order valence-electron chi connectivity index (χ1n) is 10.4. The minimum absolute atomic E-state index is 0.143. The number of anilines is 1. The van der Waals surface area contributed by atoms with Crippen molar-refractivity contribution in [2.45, 2.75) is 39.0 Å². The summed E-state index contributed by atoms with van der Waals surface area (Å²) in [4.78, 5) is 2.36. The Hall–Kier alpha value is -2.51. The maximum absolute atomic E-state index is 6.26. The number of rotatable bonds is 8. The van der Waals surface area contributed by atoms with Crippen LogP contribution in [0.3, 0.4) is 0 Å². The molecule has 164 valence electrons. The maximum atomic E-state index is 6.26. The molecule has 0 spiro atoms. The fourth-order valence-electron chi connectivity index (χ4n) is 3.97. The summed E-state index contributed by atoms with van der Waals surface area (Å²) in [5, 5.41) is 4.75. The highest BCUT2D eigenvalue weighted by Crippen LogP contribution is 2.28. The van der Waals surface area contributed by atoms with Crippen LogP contribution in [0.15, 0.2) is 47.9 Å². The van der Waals surface area contributed by atoms with E-state index in [1.165, 1.54) is 5.57 Å². The van der Waals surface area contributed by atoms with Crippen molar-refractivity contribution < 1.29 is 14.2 Å². The van der Waals surface area contributed by atoms with Gasteiger partial charge in [-0.05, 0) is 30.9 Å². The standard InChI is InChI=1S/C23H34N4O3/c1-16-12-20(28-3)10-9-18(16)14-26-11-7-6-8-19(15-26)21-13-22(24)27(25-21)17(2)23(29-4)30-5/h6,8-10,13,15-17,23H,7,11-12,14,24H2,1-5H3. The third-order valence-electron chi connectivity index (χ3n) is 5.78. The first kappa shape index (κ1) is 22.2. The van der Waals surface area contributed by atoms with Gasteiger partial charge in [0.05, 0.1) is 18.6 Å². The molecule has 7 heteroatoms. The van der Waals surface area contributed by atoms with E-state index < -0.39 is 6.29 Å². The van der Waals surface area contributed by atoms with Gasteiger partial charge in [-0.3, -0.25) is 0 Å². The Labute approximate surface area is 179 Å². The summed E-state index contributed by atoms with van der Waals surface area (Å²) < 4.78 is 17.9. The van der Waals surface area contributed by atoms with Crippen LogP contribution in [0, 0.1) is 5.92 Å². The molecule has 1 aliphatic carbocycles. The largest absolute Gasteiger partial charge is 0.501 e. The van der Waals surface area contributed by atoms with Gasteiger partial charge in [-0.15, -0.1) is 0 Å². The van der Waals surface area contributed by atoms with E-state index in [0.29, 0.717) is 11.7 Å². The molecule has 2 heterocycles. The molecule has 0 bridgehead atoms. The van der Waals surface area contributed by atoms with Crippen LogP contribution in [0.25, 0.3) is 5.57 Å². The summed E-state index contributed by atoms with van der Waals surface area (Å²) in [6.07, 6.45) is 12.3. The van der Waals surface area contributed by atoms with Gasteiger partial charge in [0.25, 0.3) is 0 Å². The first-order chi connectivity index (χ1) is 14.5. The molecule has 1 aromatic heterocycles. The van der Waals surface area contributed by atoms with Gasteiger partial charge in [0, 0.05) is 51.6 Å². The van der Waals surface area contributed by atoms with Crippen LogP contribution in [0.4, 0.5) is 5.82 Å². The van der Waals surface area contributed by atoms with Gasteiger partial charge >= 0.3 is 0 Å². The number of methoxy groups -OCH3 is 3. The van der Waals surface area contributed by atoms with Crippen molar-refractivity contribution in [1.82, 2.24) is 14.7 Å². The Balaban J connectivity index is 1.81. The summed E-state index contributed by atoms with van der Waals surface area (Å²) in [6, 6.07) is 1.77. The van der Waals surface area contributed by atoms with Crippen molar-refractivity contribution in [1.29, 1.82) is 0 Å². The molecule has 1 aliphatic heterocycles. The van der Waals surface area contributed by atoms with Crippen molar-refractivity contribution in [3.05, 3.63) is 53.6 Å². The molecule has 0 saturated carbocycles. The highest BCUT2D eigenvalue weighted by molar-refractivity contribution is 5.73. The molecule has 0 fully saturated rings. The van der Waals surface area contributed by atoms with Crippen LogP contribution in [-0.2, 0) is 14.2 Å². The molecule has 2 N–H and O–H groups in total. The Morgan fingerprint density at radius 2 is 2.00 bits per heavy atom. The monoisotopic (exact) mass is 414 g/mol. The normalized spacial score (nSPS) is 20.5. The Kier molecular flexibility index (Phi) is 7.39. The van der Waals surface area contributed by atoms with E-state index >= 15 is 0 Å². The van der Waals surface area contributed by atoms with Crippen LogP contribution >= 0.6 is 0 Å². The lowest BCUT2D eigenvalue weighted by Crippen LogP contribution is -2.27. The van der Waals surface area contributed by atoms with Gasteiger partial charge in [0.15, 0.2) is 6.29 Å². The predicted molar refractivity (Wildman–Crippen MR) is 119 cm³/mol. The van der Waals surface area contributed by atoms with Crippen LogP contribution in [0.2, 0.25) is 0 Å². The summed E-state index contributed by atoms with van der Waals surface area (Å²) in [6.45, 7) is 6.09. The Morgan fingerprint density at radius 3 is 2.67 bits per heavy atom. The first-order valence-corrected chi connectivity index (χ1v) is 10.4. The number of ether oxygens (including phenoxy) is 3. The van der Waals surface area contributed by atoms with Gasteiger partial charge in [-0.1, -0.05) is 25.2 Å². The minimum atomic E-state index is -0.417. The van der Waals surface area contributed by atoms with Crippen LogP contribution < -0.4 is 5.73 Å². The second-order valence-corrected chi connectivity index (χ2v) is 7.91. The number of nitrogens with two attached hydrogens (primary N) is 1. The van der Waals surface area contributed by atoms with E-state index in [0.717, 1.165) is 43.0 Å². The van der Waals surface area contributed by atoms with Crippen LogP contribution in [0.5, 0.6) is 0 Å². The van der Waals surface area contributed by atoms with E-state index in [-0.39, 0.29) is 6.04 Å². The molecule has 3 rings (SSSR count). The summed E-state index contributed by atoms with van der Waals surface area (Å²) in [7, 11) is 4.97. The third kappa shape index (κ3) is 4.96. The molecule has 30 heavy (non-hydrogen) atoms. The van der Waals surface area contributed by atoms with Gasteiger partial charge in [0.1, 0.15) is 11.9 Å². The molecular weight excluding hydrogens is 380 g/mol. The maximum Gasteiger partial charge on any atom is 0.178 e. The van der Waals surface area contributed by atoms with E-state index in [4.69, 9.17) is 25.0 Å². The zero-order valence-corrected chi connectivity index (χ0v) is 18.7. The highest BCUT2D eigenvalue weighted by atomic mass is 16.7. The lowest BCUT2D eigenvalue weighted by atomic mass is 9.92. The number of hydrogen-bond donors (Lipinski definition) is 1.